The Morgan fingerprint density at radius 2 is 1.84 bits per heavy atom. The number of anilines is 1. The molecule has 0 aliphatic carbocycles. The molecule has 184 valence electrons. The Morgan fingerprint density at radius 3 is 2.65 bits per heavy atom. The van der Waals surface area contributed by atoms with Gasteiger partial charge in [0.05, 0.1) is 10.7 Å². The van der Waals surface area contributed by atoms with Gasteiger partial charge < -0.3 is 14.2 Å². The fourth-order valence-corrected chi connectivity index (χ4v) is 4.11. The van der Waals surface area contributed by atoms with Crippen molar-refractivity contribution in [2.75, 3.05) is 5.32 Å². The van der Waals surface area contributed by atoms with E-state index < -0.39 is 5.91 Å². The summed E-state index contributed by atoms with van der Waals surface area (Å²) in [5.74, 6) is 1.33. The first-order chi connectivity index (χ1) is 18.0. The first kappa shape index (κ1) is 24.5. The lowest BCUT2D eigenvalue weighted by atomic mass is 10.1. The first-order valence-electron chi connectivity index (χ1n) is 11.6. The molecule has 0 aliphatic heterocycles. The predicted molar refractivity (Wildman–Crippen MR) is 151 cm³/mol. The van der Waals surface area contributed by atoms with Crippen LogP contribution in [0.5, 0.6) is 0 Å². The maximum atomic E-state index is 12.4. The maximum absolute atomic E-state index is 12.4. The van der Waals surface area contributed by atoms with Gasteiger partial charge in [-0.15, -0.1) is 0 Å². The summed E-state index contributed by atoms with van der Waals surface area (Å²) in [7, 11) is 0. The van der Waals surface area contributed by atoms with Gasteiger partial charge >= 0.3 is 0 Å². The van der Waals surface area contributed by atoms with Crippen LogP contribution in [0.15, 0.2) is 93.8 Å². The molecule has 0 fully saturated rings. The maximum Gasteiger partial charge on any atom is 0.250 e. The molecule has 5 aromatic rings. The molecule has 0 spiro atoms. The van der Waals surface area contributed by atoms with Crippen molar-refractivity contribution in [3.05, 3.63) is 101 Å². The summed E-state index contributed by atoms with van der Waals surface area (Å²) in [6.45, 7) is 2.09. The summed E-state index contributed by atoms with van der Waals surface area (Å²) in [6, 6.07) is 24.6. The second kappa shape index (κ2) is 10.8. The average Bonchev–Trinajstić information content (AvgIpc) is 3.56. The Morgan fingerprint density at radius 1 is 1.00 bits per heavy atom. The zero-order valence-electron chi connectivity index (χ0n) is 19.8. The molecule has 1 amide bonds. The Bertz CT molecular complexity index is 1620. The minimum absolute atomic E-state index is 0.100. The van der Waals surface area contributed by atoms with E-state index in [0.29, 0.717) is 27.9 Å². The number of aryl methyl sites for hydroxylation is 1. The number of rotatable bonds is 6. The third-order valence-electron chi connectivity index (χ3n) is 5.64. The van der Waals surface area contributed by atoms with Crippen LogP contribution in [0.25, 0.3) is 40.0 Å². The lowest BCUT2D eigenvalue weighted by Crippen LogP contribution is -2.32. The van der Waals surface area contributed by atoms with Crippen molar-refractivity contribution in [3.63, 3.8) is 0 Å². The van der Waals surface area contributed by atoms with E-state index in [0.717, 1.165) is 28.8 Å². The largest absolute Gasteiger partial charge is 0.457 e. The quantitative estimate of drug-likeness (QED) is 0.176. The van der Waals surface area contributed by atoms with Crippen molar-refractivity contribution in [3.8, 4) is 22.8 Å². The van der Waals surface area contributed by atoms with Crippen LogP contribution in [-0.4, -0.2) is 16.0 Å². The molecule has 3 aromatic carbocycles. The second-order valence-corrected chi connectivity index (χ2v) is 9.03. The van der Waals surface area contributed by atoms with Crippen LogP contribution < -0.4 is 10.6 Å². The number of halogens is 1. The molecule has 2 aromatic heterocycles. The van der Waals surface area contributed by atoms with Crippen molar-refractivity contribution in [2.45, 2.75) is 13.3 Å². The minimum Gasteiger partial charge on any atom is -0.457 e. The number of benzene rings is 3. The summed E-state index contributed by atoms with van der Waals surface area (Å²) < 4.78 is 11.7. The highest BCUT2D eigenvalue weighted by Gasteiger charge is 2.12. The van der Waals surface area contributed by atoms with Gasteiger partial charge in [0, 0.05) is 17.2 Å². The number of hydrogen-bond acceptors (Lipinski definition) is 5. The molecule has 37 heavy (non-hydrogen) atoms. The average molecular weight is 528 g/mol. The van der Waals surface area contributed by atoms with Crippen LogP contribution in [0.1, 0.15) is 18.2 Å². The van der Waals surface area contributed by atoms with Crippen LogP contribution in [0.4, 0.5) is 5.69 Å². The number of amides is 1. The molecular weight excluding hydrogens is 506 g/mol. The van der Waals surface area contributed by atoms with Gasteiger partial charge in [-0.2, -0.15) is 0 Å². The lowest BCUT2D eigenvalue weighted by Gasteiger charge is -2.10. The van der Waals surface area contributed by atoms with E-state index >= 15 is 0 Å². The van der Waals surface area contributed by atoms with Crippen LogP contribution in [-0.2, 0) is 11.2 Å². The SMILES string of the molecule is CCc1ccc2oc(-c3ccc(Cl)c(NC(=S)NC(=O)/C=C/c4ccc(-c5ccccc5)o4)c3)nc2c1. The Labute approximate surface area is 224 Å². The Balaban J connectivity index is 1.24. The minimum atomic E-state index is -0.409. The van der Waals surface area contributed by atoms with E-state index in [4.69, 9.17) is 32.7 Å². The third-order valence-corrected chi connectivity index (χ3v) is 6.18. The number of oxazole rings is 1. The predicted octanol–water partition coefficient (Wildman–Crippen LogP) is 7.50. The number of nitrogens with one attached hydrogen (secondary N) is 2. The first-order valence-corrected chi connectivity index (χ1v) is 12.4. The van der Waals surface area contributed by atoms with Crippen LogP contribution >= 0.6 is 23.8 Å². The number of thiocarbonyl (C=S) groups is 1. The summed E-state index contributed by atoms with van der Waals surface area (Å²) in [4.78, 5) is 17.0. The van der Waals surface area contributed by atoms with Gasteiger partial charge in [-0.25, -0.2) is 4.98 Å². The van der Waals surface area contributed by atoms with E-state index in [1.165, 1.54) is 11.6 Å². The zero-order valence-corrected chi connectivity index (χ0v) is 21.4. The van der Waals surface area contributed by atoms with E-state index in [1.54, 1.807) is 24.3 Å². The fraction of sp³-hybridized carbons (Fsp3) is 0.0690. The molecule has 0 saturated carbocycles. The summed E-state index contributed by atoms with van der Waals surface area (Å²) in [5, 5.41) is 6.12. The van der Waals surface area contributed by atoms with E-state index in [2.05, 4.69) is 22.5 Å². The molecule has 5 rings (SSSR count). The number of furan rings is 1. The normalized spacial score (nSPS) is 11.2. The number of carbonyl (C=O) groups is 1. The van der Waals surface area contributed by atoms with Gasteiger partial charge in [-0.05, 0) is 72.7 Å². The fourth-order valence-electron chi connectivity index (χ4n) is 3.74. The highest BCUT2D eigenvalue weighted by atomic mass is 35.5. The highest BCUT2D eigenvalue weighted by Crippen LogP contribution is 2.31. The van der Waals surface area contributed by atoms with Crippen LogP contribution in [0, 0.1) is 0 Å². The summed E-state index contributed by atoms with van der Waals surface area (Å²) >= 11 is 11.7. The molecule has 0 radical (unpaired) electrons. The number of nitrogens with zero attached hydrogens (tertiary/aromatic N) is 1. The van der Waals surface area contributed by atoms with Gasteiger partial charge in [0.2, 0.25) is 11.8 Å². The van der Waals surface area contributed by atoms with Crippen molar-refractivity contribution in [2.24, 2.45) is 0 Å². The molecular formula is C29H22ClN3O3S. The molecule has 6 nitrogen and oxygen atoms in total. The molecule has 8 heteroatoms. The van der Waals surface area contributed by atoms with Crippen molar-refractivity contribution >= 4 is 57.7 Å². The molecule has 0 unspecified atom stereocenters. The summed E-state index contributed by atoms with van der Waals surface area (Å²) in [5.41, 5.74) is 4.88. The lowest BCUT2D eigenvalue weighted by molar-refractivity contribution is -0.115. The second-order valence-electron chi connectivity index (χ2n) is 8.21. The molecule has 2 heterocycles. The van der Waals surface area contributed by atoms with Gasteiger partial charge in [0.1, 0.15) is 17.0 Å². The monoisotopic (exact) mass is 527 g/mol. The zero-order chi connectivity index (χ0) is 25.8. The standard InChI is InChI=1S/C29H22ClN3O3S/c1-2-18-8-13-26-24(16-18)31-28(36-26)20-9-12-22(30)23(17-20)32-29(37)33-27(34)15-11-21-10-14-25(35-21)19-6-4-3-5-7-19/h3-17H,2H2,1H3,(H2,32,33,34,37)/b15-11+. The highest BCUT2D eigenvalue weighted by molar-refractivity contribution is 7.80. The number of fused-ring (bicyclic) bond motifs is 1. The van der Waals surface area contributed by atoms with Crippen molar-refractivity contribution in [1.82, 2.24) is 10.3 Å². The van der Waals surface area contributed by atoms with Gasteiger partial charge in [0.15, 0.2) is 10.7 Å². The Hall–Kier alpha value is -4.20. The van der Waals surface area contributed by atoms with Crippen molar-refractivity contribution in [1.29, 1.82) is 0 Å². The topological polar surface area (TPSA) is 80.3 Å². The van der Waals surface area contributed by atoms with E-state index in [1.807, 2.05) is 60.7 Å². The van der Waals surface area contributed by atoms with Crippen LogP contribution in [0.3, 0.4) is 0 Å². The van der Waals surface area contributed by atoms with Gasteiger partial charge in [-0.3, -0.25) is 10.1 Å². The molecule has 2 N–H and O–H groups in total. The molecule has 0 saturated heterocycles. The van der Waals surface area contributed by atoms with Crippen molar-refractivity contribution < 1.29 is 13.6 Å². The van der Waals surface area contributed by atoms with E-state index in [9.17, 15) is 4.79 Å². The number of aromatic nitrogens is 1. The third kappa shape index (κ3) is 5.80. The molecule has 0 atom stereocenters. The van der Waals surface area contributed by atoms with Crippen LogP contribution in [0.2, 0.25) is 5.02 Å². The van der Waals surface area contributed by atoms with Gasteiger partial charge in [-0.1, -0.05) is 54.9 Å². The molecule has 0 aliphatic rings. The smallest absolute Gasteiger partial charge is 0.250 e. The Kier molecular flexibility index (Phi) is 7.16. The number of carbonyl (C=O) groups excluding carboxylic acids is 1. The number of hydrogen-bond donors (Lipinski definition) is 2. The molecule has 0 bridgehead atoms. The summed E-state index contributed by atoms with van der Waals surface area (Å²) in [6.07, 6.45) is 3.85. The van der Waals surface area contributed by atoms with E-state index in [-0.39, 0.29) is 5.11 Å². The van der Waals surface area contributed by atoms with Gasteiger partial charge in [0.25, 0.3) is 0 Å².